The molecule has 4 nitrogen and oxygen atoms in total. The van der Waals surface area contributed by atoms with Gasteiger partial charge in [-0.1, -0.05) is 0 Å². The number of carbonyl (C=O) groups excluding carboxylic acids is 1. The van der Waals surface area contributed by atoms with Crippen LogP contribution in [-0.2, 0) is 9.53 Å². The summed E-state index contributed by atoms with van der Waals surface area (Å²) in [7, 11) is 0. The summed E-state index contributed by atoms with van der Waals surface area (Å²) in [4.78, 5) is 14.8. The third kappa shape index (κ3) is 3.93. The Balaban J connectivity index is 1.96. The summed E-state index contributed by atoms with van der Waals surface area (Å²) in [6.45, 7) is 8.92. The minimum absolute atomic E-state index is 0.0899. The highest BCUT2D eigenvalue weighted by atomic mass is 16.5. The Morgan fingerprint density at radius 1 is 1.42 bits per heavy atom. The molecule has 1 saturated carbocycles. The molecule has 0 bridgehead atoms. The Labute approximate surface area is 116 Å². The van der Waals surface area contributed by atoms with Gasteiger partial charge >= 0.3 is 5.97 Å². The predicted molar refractivity (Wildman–Crippen MR) is 76.1 cm³/mol. The zero-order valence-electron chi connectivity index (χ0n) is 12.6. The molecule has 1 aliphatic heterocycles. The van der Waals surface area contributed by atoms with Crippen LogP contribution >= 0.6 is 0 Å². The lowest BCUT2D eigenvalue weighted by Gasteiger charge is -2.34. The van der Waals surface area contributed by atoms with Crippen molar-refractivity contribution in [2.24, 2.45) is 0 Å². The summed E-state index contributed by atoms with van der Waals surface area (Å²) in [6.07, 6.45) is 5.79. The predicted octanol–water partition coefficient (Wildman–Crippen LogP) is 1.93. The lowest BCUT2D eigenvalue weighted by Crippen LogP contribution is -2.54. The van der Waals surface area contributed by atoms with E-state index in [-0.39, 0.29) is 5.97 Å². The molecular formula is C15H28N2O2. The van der Waals surface area contributed by atoms with Crippen LogP contribution in [0.1, 0.15) is 52.9 Å². The fourth-order valence-electron chi connectivity index (χ4n) is 3.07. The van der Waals surface area contributed by atoms with Crippen molar-refractivity contribution in [3.05, 3.63) is 0 Å². The Kier molecular flexibility index (Phi) is 4.85. The standard InChI is InChI=1S/C15H28N2O2/c1-4-19-14(18)15(3,16-13-7-8-13)11-12(2)17-9-5-6-10-17/h12-13,16H,4-11H2,1-3H3. The lowest BCUT2D eigenvalue weighted by atomic mass is 9.92. The second-order valence-electron chi connectivity index (χ2n) is 6.27. The van der Waals surface area contributed by atoms with Gasteiger partial charge in [0.1, 0.15) is 5.54 Å². The number of rotatable bonds is 7. The molecule has 1 aliphatic carbocycles. The fourth-order valence-corrected chi connectivity index (χ4v) is 3.07. The minimum atomic E-state index is -0.529. The monoisotopic (exact) mass is 268 g/mol. The molecule has 0 aromatic rings. The van der Waals surface area contributed by atoms with Gasteiger partial charge in [-0.25, -0.2) is 0 Å². The molecule has 4 heteroatoms. The van der Waals surface area contributed by atoms with Gasteiger partial charge in [-0.2, -0.15) is 0 Å². The Bertz CT molecular complexity index is 311. The smallest absolute Gasteiger partial charge is 0.326 e. The average Bonchev–Trinajstić information content (AvgIpc) is 2.98. The van der Waals surface area contributed by atoms with Crippen molar-refractivity contribution in [2.45, 2.75) is 70.5 Å². The first-order chi connectivity index (χ1) is 9.05. The van der Waals surface area contributed by atoms with E-state index in [0.29, 0.717) is 18.7 Å². The van der Waals surface area contributed by atoms with Crippen LogP contribution in [0.4, 0.5) is 0 Å². The molecule has 0 aromatic heterocycles. The molecule has 110 valence electrons. The maximum atomic E-state index is 12.3. The number of ether oxygens (including phenoxy) is 1. The van der Waals surface area contributed by atoms with Gasteiger partial charge < -0.3 is 9.64 Å². The molecule has 2 fully saturated rings. The molecule has 2 rings (SSSR count). The highest BCUT2D eigenvalue weighted by Crippen LogP contribution is 2.27. The number of hydrogen-bond donors (Lipinski definition) is 1. The number of carbonyl (C=O) groups is 1. The zero-order chi connectivity index (χ0) is 13.9. The van der Waals surface area contributed by atoms with E-state index in [1.165, 1.54) is 38.8 Å². The lowest BCUT2D eigenvalue weighted by molar-refractivity contribution is -0.151. The molecule has 0 aromatic carbocycles. The first kappa shape index (κ1) is 14.8. The molecule has 1 saturated heterocycles. The number of likely N-dealkylation sites (tertiary alicyclic amines) is 1. The highest BCUT2D eigenvalue weighted by molar-refractivity contribution is 5.80. The van der Waals surface area contributed by atoms with Crippen molar-refractivity contribution in [1.29, 1.82) is 0 Å². The number of nitrogens with zero attached hydrogens (tertiary/aromatic N) is 1. The summed E-state index contributed by atoms with van der Waals surface area (Å²) in [5.74, 6) is -0.0899. The van der Waals surface area contributed by atoms with Gasteiger partial charge in [0.15, 0.2) is 0 Å². The Hall–Kier alpha value is -0.610. The van der Waals surface area contributed by atoms with Crippen molar-refractivity contribution in [3.63, 3.8) is 0 Å². The number of hydrogen-bond acceptors (Lipinski definition) is 4. The molecule has 1 heterocycles. The van der Waals surface area contributed by atoms with E-state index in [9.17, 15) is 4.79 Å². The Morgan fingerprint density at radius 3 is 2.58 bits per heavy atom. The van der Waals surface area contributed by atoms with Gasteiger partial charge in [0, 0.05) is 12.1 Å². The molecule has 19 heavy (non-hydrogen) atoms. The van der Waals surface area contributed by atoms with Crippen LogP contribution in [-0.4, -0.2) is 48.2 Å². The van der Waals surface area contributed by atoms with Crippen molar-refractivity contribution >= 4 is 5.97 Å². The van der Waals surface area contributed by atoms with E-state index in [1.807, 2.05) is 13.8 Å². The van der Waals surface area contributed by atoms with E-state index in [2.05, 4.69) is 17.1 Å². The van der Waals surface area contributed by atoms with Crippen LogP contribution in [0.3, 0.4) is 0 Å². The van der Waals surface area contributed by atoms with Gasteiger partial charge in [-0.05, 0) is 66.0 Å². The van der Waals surface area contributed by atoms with Gasteiger partial charge in [-0.3, -0.25) is 10.1 Å². The third-order valence-electron chi connectivity index (χ3n) is 4.29. The molecule has 0 amide bonds. The maximum absolute atomic E-state index is 12.3. The van der Waals surface area contributed by atoms with E-state index in [0.717, 1.165) is 6.42 Å². The topological polar surface area (TPSA) is 41.6 Å². The summed E-state index contributed by atoms with van der Waals surface area (Å²) in [6, 6.07) is 0.948. The van der Waals surface area contributed by atoms with Crippen molar-refractivity contribution in [1.82, 2.24) is 10.2 Å². The third-order valence-corrected chi connectivity index (χ3v) is 4.29. The normalized spacial score (nSPS) is 25.0. The SMILES string of the molecule is CCOC(=O)C(C)(CC(C)N1CCCC1)NC1CC1. The summed E-state index contributed by atoms with van der Waals surface area (Å²) < 4.78 is 5.28. The highest BCUT2D eigenvalue weighted by Gasteiger charge is 2.41. The van der Waals surface area contributed by atoms with Crippen LogP contribution in [0.2, 0.25) is 0 Å². The molecule has 2 unspecified atom stereocenters. The quantitative estimate of drug-likeness (QED) is 0.716. The average molecular weight is 268 g/mol. The second-order valence-corrected chi connectivity index (χ2v) is 6.27. The number of esters is 1. The van der Waals surface area contributed by atoms with Crippen LogP contribution in [0.5, 0.6) is 0 Å². The minimum Gasteiger partial charge on any atom is -0.465 e. The Morgan fingerprint density at radius 2 is 2.05 bits per heavy atom. The van der Waals surface area contributed by atoms with Crippen LogP contribution in [0.25, 0.3) is 0 Å². The van der Waals surface area contributed by atoms with E-state index in [4.69, 9.17) is 4.74 Å². The van der Waals surface area contributed by atoms with Gasteiger partial charge in [0.25, 0.3) is 0 Å². The first-order valence-corrected chi connectivity index (χ1v) is 7.74. The molecule has 0 radical (unpaired) electrons. The van der Waals surface area contributed by atoms with E-state index >= 15 is 0 Å². The molecule has 1 N–H and O–H groups in total. The van der Waals surface area contributed by atoms with Gasteiger partial charge in [0.2, 0.25) is 0 Å². The first-order valence-electron chi connectivity index (χ1n) is 7.74. The van der Waals surface area contributed by atoms with E-state index in [1.54, 1.807) is 0 Å². The van der Waals surface area contributed by atoms with E-state index < -0.39 is 5.54 Å². The molecule has 0 spiro atoms. The second kappa shape index (κ2) is 6.23. The van der Waals surface area contributed by atoms with Crippen molar-refractivity contribution in [3.8, 4) is 0 Å². The van der Waals surface area contributed by atoms with Gasteiger partial charge in [0.05, 0.1) is 6.61 Å². The number of nitrogens with one attached hydrogen (secondary N) is 1. The molecule has 2 atom stereocenters. The van der Waals surface area contributed by atoms with Crippen LogP contribution in [0.15, 0.2) is 0 Å². The summed E-state index contributed by atoms with van der Waals surface area (Å²) in [5, 5.41) is 3.51. The zero-order valence-corrected chi connectivity index (χ0v) is 12.6. The largest absolute Gasteiger partial charge is 0.465 e. The maximum Gasteiger partial charge on any atom is 0.326 e. The van der Waals surface area contributed by atoms with Crippen molar-refractivity contribution in [2.75, 3.05) is 19.7 Å². The molecular weight excluding hydrogens is 240 g/mol. The summed E-state index contributed by atoms with van der Waals surface area (Å²) >= 11 is 0. The van der Waals surface area contributed by atoms with Crippen LogP contribution in [0, 0.1) is 0 Å². The summed E-state index contributed by atoms with van der Waals surface area (Å²) in [5.41, 5.74) is -0.529. The molecule has 2 aliphatic rings. The van der Waals surface area contributed by atoms with Crippen molar-refractivity contribution < 1.29 is 9.53 Å². The van der Waals surface area contributed by atoms with Crippen LogP contribution < -0.4 is 5.32 Å². The fraction of sp³-hybridized carbons (Fsp3) is 0.933. The van der Waals surface area contributed by atoms with Gasteiger partial charge in [-0.15, -0.1) is 0 Å².